The molecular weight excluding hydrogens is 271 g/mol. The first-order valence-corrected chi connectivity index (χ1v) is 5.97. The van der Waals surface area contributed by atoms with Gasteiger partial charge in [-0.05, 0) is 23.8 Å². The summed E-state index contributed by atoms with van der Waals surface area (Å²) in [7, 11) is 0. The highest BCUT2D eigenvalue weighted by Gasteiger charge is 2.08. The van der Waals surface area contributed by atoms with Gasteiger partial charge < -0.3 is 5.73 Å². The summed E-state index contributed by atoms with van der Waals surface area (Å²) in [6.45, 7) is 0. The molecule has 0 amide bonds. The van der Waals surface area contributed by atoms with Crippen LogP contribution in [0.25, 0.3) is 16.8 Å². The zero-order chi connectivity index (χ0) is 12.7. The monoisotopic (exact) mass is 278 g/mol. The first-order chi connectivity index (χ1) is 8.65. The topological polar surface area (TPSA) is 56.2 Å². The van der Waals surface area contributed by atoms with Crippen LogP contribution in [0.1, 0.15) is 0 Å². The Hall–Kier alpha value is -1.78. The van der Waals surface area contributed by atoms with E-state index in [2.05, 4.69) is 10.1 Å². The predicted octanol–water partition coefficient (Wildman–Crippen LogP) is 3.29. The van der Waals surface area contributed by atoms with E-state index in [0.29, 0.717) is 15.7 Å². The lowest BCUT2D eigenvalue weighted by Crippen LogP contribution is -1.89. The summed E-state index contributed by atoms with van der Waals surface area (Å²) in [5.74, 6) is 0.240. The molecule has 0 unspecified atom stereocenters. The third kappa shape index (κ3) is 1.79. The van der Waals surface area contributed by atoms with E-state index in [1.165, 1.54) is 0 Å². The van der Waals surface area contributed by atoms with Gasteiger partial charge in [-0.1, -0.05) is 35.3 Å². The van der Waals surface area contributed by atoms with E-state index in [1.807, 2.05) is 24.3 Å². The van der Waals surface area contributed by atoms with Crippen LogP contribution in [0.5, 0.6) is 0 Å². The van der Waals surface area contributed by atoms with Crippen LogP contribution >= 0.6 is 23.2 Å². The molecule has 4 nitrogen and oxygen atoms in total. The first kappa shape index (κ1) is 11.3. The number of anilines is 1. The lowest BCUT2D eigenvalue weighted by molar-refractivity contribution is 0.968. The minimum Gasteiger partial charge on any atom is -0.366 e. The van der Waals surface area contributed by atoms with Gasteiger partial charge >= 0.3 is 0 Å². The number of nitrogens with zero attached hydrogens (tertiary/aromatic N) is 3. The Morgan fingerprint density at radius 2 is 2.00 bits per heavy atom. The molecule has 6 heteroatoms. The second-order valence-corrected chi connectivity index (χ2v) is 4.57. The minimum absolute atomic E-state index is 0.240. The van der Waals surface area contributed by atoms with Crippen molar-refractivity contribution in [3.63, 3.8) is 0 Å². The molecule has 18 heavy (non-hydrogen) atoms. The number of hydrogen-bond donors (Lipinski definition) is 1. The maximum atomic E-state index is 6.18. The average molecular weight is 279 g/mol. The Bertz CT molecular complexity index is 736. The van der Waals surface area contributed by atoms with Crippen molar-refractivity contribution < 1.29 is 0 Å². The van der Waals surface area contributed by atoms with Crippen LogP contribution in [0.15, 0.2) is 36.5 Å². The zero-order valence-corrected chi connectivity index (χ0v) is 10.7. The molecule has 90 valence electrons. The quantitative estimate of drug-likeness (QED) is 0.743. The summed E-state index contributed by atoms with van der Waals surface area (Å²) in [5, 5.41) is 5.06. The molecule has 2 aromatic heterocycles. The Morgan fingerprint density at radius 1 is 1.17 bits per heavy atom. The molecule has 2 heterocycles. The van der Waals surface area contributed by atoms with E-state index in [1.54, 1.807) is 16.8 Å². The summed E-state index contributed by atoms with van der Waals surface area (Å²) >= 11 is 12.2. The SMILES string of the molecule is Nc1nc2cc(-c3cccc(Cl)c3Cl)ccn2n1. The van der Waals surface area contributed by atoms with Crippen LogP contribution in [0, 0.1) is 0 Å². The number of hydrogen-bond acceptors (Lipinski definition) is 3. The van der Waals surface area contributed by atoms with Gasteiger partial charge in [-0.15, -0.1) is 5.10 Å². The highest BCUT2D eigenvalue weighted by atomic mass is 35.5. The molecule has 0 bridgehead atoms. The van der Waals surface area contributed by atoms with E-state index >= 15 is 0 Å². The molecule has 0 fully saturated rings. The van der Waals surface area contributed by atoms with Crippen LogP contribution in [0.4, 0.5) is 5.95 Å². The Labute approximate surface area is 113 Å². The molecule has 0 atom stereocenters. The molecular formula is C12H8Cl2N4. The van der Waals surface area contributed by atoms with Crippen LogP contribution in [-0.2, 0) is 0 Å². The van der Waals surface area contributed by atoms with Gasteiger partial charge in [0.2, 0.25) is 5.95 Å². The van der Waals surface area contributed by atoms with Crippen LogP contribution in [0.2, 0.25) is 10.0 Å². The normalized spacial score (nSPS) is 11.0. The lowest BCUT2D eigenvalue weighted by atomic mass is 10.1. The van der Waals surface area contributed by atoms with Gasteiger partial charge in [-0.2, -0.15) is 4.98 Å². The van der Waals surface area contributed by atoms with Crippen LogP contribution in [0.3, 0.4) is 0 Å². The van der Waals surface area contributed by atoms with Gasteiger partial charge in [0.15, 0.2) is 5.65 Å². The molecule has 0 saturated heterocycles. The molecule has 0 aliphatic rings. The van der Waals surface area contributed by atoms with E-state index in [-0.39, 0.29) is 5.95 Å². The van der Waals surface area contributed by atoms with Gasteiger partial charge in [0.05, 0.1) is 10.0 Å². The second kappa shape index (κ2) is 4.15. The fourth-order valence-electron chi connectivity index (χ4n) is 1.79. The fraction of sp³-hybridized carbons (Fsp3) is 0. The number of aromatic nitrogens is 3. The third-order valence-electron chi connectivity index (χ3n) is 2.62. The van der Waals surface area contributed by atoms with E-state index < -0.39 is 0 Å². The van der Waals surface area contributed by atoms with Gasteiger partial charge in [-0.25, -0.2) is 4.52 Å². The number of nitrogen functional groups attached to an aromatic ring is 1. The lowest BCUT2D eigenvalue weighted by Gasteiger charge is -2.05. The van der Waals surface area contributed by atoms with Crippen molar-refractivity contribution in [1.82, 2.24) is 14.6 Å². The number of benzene rings is 1. The fourth-order valence-corrected chi connectivity index (χ4v) is 2.20. The van der Waals surface area contributed by atoms with Gasteiger partial charge in [0, 0.05) is 11.8 Å². The number of rotatable bonds is 1. The number of fused-ring (bicyclic) bond motifs is 1. The molecule has 2 N–H and O–H groups in total. The van der Waals surface area contributed by atoms with Gasteiger partial charge in [0.25, 0.3) is 0 Å². The standard InChI is InChI=1S/C12H8Cl2N4/c13-9-3-1-2-8(11(9)14)7-4-5-18-10(6-7)16-12(15)17-18/h1-6H,(H2,15,17). The molecule has 3 rings (SSSR count). The van der Waals surface area contributed by atoms with Crippen LogP contribution in [-0.4, -0.2) is 14.6 Å². The smallest absolute Gasteiger partial charge is 0.240 e. The molecule has 0 saturated carbocycles. The van der Waals surface area contributed by atoms with Crippen molar-refractivity contribution in [3.8, 4) is 11.1 Å². The number of pyridine rings is 1. The Balaban J connectivity index is 2.22. The first-order valence-electron chi connectivity index (χ1n) is 5.21. The number of halogens is 2. The third-order valence-corrected chi connectivity index (χ3v) is 3.44. The van der Waals surface area contributed by atoms with Gasteiger partial charge in [-0.3, -0.25) is 0 Å². The van der Waals surface area contributed by atoms with Crippen molar-refractivity contribution in [3.05, 3.63) is 46.6 Å². The van der Waals surface area contributed by atoms with E-state index in [4.69, 9.17) is 28.9 Å². The Morgan fingerprint density at radius 3 is 2.83 bits per heavy atom. The summed E-state index contributed by atoms with van der Waals surface area (Å²) in [6.07, 6.45) is 1.78. The largest absolute Gasteiger partial charge is 0.366 e. The van der Waals surface area contributed by atoms with Crippen molar-refractivity contribution in [1.29, 1.82) is 0 Å². The summed E-state index contributed by atoms with van der Waals surface area (Å²) in [4.78, 5) is 4.10. The predicted molar refractivity (Wildman–Crippen MR) is 72.9 cm³/mol. The highest BCUT2D eigenvalue weighted by Crippen LogP contribution is 2.33. The molecule has 0 aliphatic carbocycles. The average Bonchev–Trinajstić information content (AvgIpc) is 2.71. The second-order valence-electron chi connectivity index (χ2n) is 3.79. The maximum Gasteiger partial charge on any atom is 0.240 e. The van der Waals surface area contributed by atoms with Crippen molar-refractivity contribution in [2.75, 3.05) is 5.73 Å². The van der Waals surface area contributed by atoms with E-state index in [9.17, 15) is 0 Å². The molecule has 0 aliphatic heterocycles. The summed E-state index contributed by atoms with van der Waals surface area (Å²) < 4.78 is 1.61. The number of nitrogens with two attached hydrogens (primary N) is 1. The van der Waals surface area contributed by atoms with Crippen molar-refractivity contribution in [2.24, 2.45) is 0 Å². The van der Waals surface area contributed by atoms with Crippen molar-refractivity contribution >= 4 is 34.8 Å². The van der Waals surface area contributed by atoms with Crippen molar-refractivity contribution in [2.45, 2.75) is 0 Å². The minimum atomic E-state index is 0.240. The molecule has 0 radical (unpaired) electrons. The van der Waals surface area contributed by atoms with Crippen LogP contribution < -0.4 is 5.73 Å². The van der Waals surface area contributed by atoms with Gasteiger partial charge in [0.1, 0.15) is 0 Å². The molecule has 3 aromatic rings. The Kier molecular flexibility index (Phi) is 2.61. The molecule has 0 spiro atoms. The summed E-state index contributed by atoms with van der Waals surface area (Å²) in [5.41, 5.74) is 7.98. The highest BCUT2D eigenvalue weighted by molar-refractivity contribution is 6.43. The zero-order valence-electron chi connectivity index (χ0n) is 9.14. The maximum absolute atomic E-state index is 6.18. The summed E-state index contributed by atoms with van der Waals surface area (Å²) in [6, 6.07) is 9.26. The molecule has 1 aromatic carbocycles. The van der Waals surface area contributed by atoms with E-state index in [0.717, 1.165) is 11.1 Å².